The Kier molecular flexibility index (Phi) is 4.34. The van der Waals surface area contributed by atoms with Gasteiger partial charge < -0.3 is 14.6 Å². The van der Waals surface area contributed by atoms with Gasteiger partial charge in [-0.05, 0) is 17.7 Å². The molecule has 1 atom stereocenters. The molecule has 0 saturated carbocycles. The van der Waals surface area contributed by atoms with Crippen molar-refractivity contribution in [3.8, 4) is 0 Å². The molecule has 0 amide bonds. The highest BCUT2D eigenvalue weighted by Gasteiger charge is 2.21. The molecule has 1 aromatic carbocycles. The normalized spacial score (nSPS) is 18.5. The average Bonchev–Trinajstić information content (AvgIpc) is 2.75. The highest BCUT2D eigenvalue weighted by molar-refractivity contribution is 6.30. The lowest BCUT2D eigenvalue weighted by atomic mass is 10.1. The summed E-state index contributed by atoms with van der Waals surface area (Å²) in [6, 6.07) is 4.43. The van der Waals surface area contributed by atoms with E-state index in [1.165, 1.54) is 6.07 Å². The number of hydrogen-bond donors (Lipinski definition) is 1. The van der Waals surface area contributed by atoms with Gasteiger partial charge in [0.2, 0.25) is 0 Å². The fourth-order valence-electron chi connectivity index (χ4n) is 1.79. The molecule has 94 valence electrons. The van der Waals surface area contributed by atoms with Crippen LogP contribution in [0.3, 0.4) is 0 Å². The van der Waals surface area contributed by atoms with Crippen LogP contribution in [0.2, 0.25) is 5.02 Å². The van der Waals surface area contributed by atoms with E-state index in [0.717, 1.165) is 0 Å². The molecule has 0 aromatic heterocycles. The monoisotopic (exact) mass is 260 g/mol. The van der Waals surface area contributed by atoms with E-state index >= 15 is 0 Å². The van der Waals surface area contributed by atoms with Gasteiger partial charge in [0, 0.05) is 17.9 Å². The van der Waals surface area contributed by atoms with E-state index in [0.29, 0.717) is 30.2 Å². The van der Waals surface area contributed by atoms with Crippen molar-refractivity contribution in [1.82, 2.24) is 0 Å². The molecule has 2 rings (SSSR count). The Hall–Kier alpha value is -0.680. The van der Waals surface area contributed by atoms with Gasteiger partial charge in [0.05, 0.1) is 19.3 Å². The van der Waals surface area contributed by atoms with Crippen LogP contribution in [0.4, 0.5) is 4.39 Å². The zero-order valence-corrected chi connectivity index (χ0v) is 9.99. The predicted molar refractivity (Wildman–Crippen MR) is 61.4 cm³/mol. The van der Waals surface area contributed by atoms with Crippen LogP contribution in [0.1, 0.15) is 12.0 Å². The maximum absolute atomic E-state index is 13.5. The second-order valence-electron chi connectivity index (χ2n) is 4.00. The van der Waals surface area contributed by atoms with E-state index < -0.39 is 11.9 Å². The molecule has 1 saturated heterocycles. The molecule has 5 heteroatoms. The van der Waals surface area contributed by atoms with Crippen LogP contribution in [-0.4, -0.2) is 30.7 Å². The van der Waals surface area contributed by atoms with Crippen molar-refractivity contribution in [1.29, 1.82) is 0 Å². The smallest absolute Gasteiger partial charge is 0.160 e. The lowest BCUT2D eigenvalue weighted by Crippen LogP contribution is -2.20. The summed E-state index contributed by atoms with van der Waals surface area (Å²) in [5.74, 6) is -0.398. The number of ether oxygens (including phenoxy) is 2. The van der Waals surface area contributed by atoms with Gasteiger partial charge in [-0.3, -0.25) is 0 Å². The summed E-state index contributed by atoms with van der Waals surface area (Å²) in [5.41, 5.74) is 0.444. The number of benzene rings is 1. The summed E-state index contributed by atoms with van der Waals surface area (Å²) < 4.78 is 23.9. The highest BCUT2D eigenvalue weighted by Crippen LogP contribution is 2.18. The summed E-state index contributed by atoms with van der Waals surface area (Å²) in [6.45, 7) is 1.10. The minimum atomic E-state index is -0.686. The minimum absolute atomic E-state index is 0.228. The average molecular weight is 261 g/mol. The first kappa shape index (κ1) is 12.8. The van der Waals surface area contributed by atoms with Crippen molar-refractivity contribution in [2.45, 2.75) is 25.2 Å². The summed E-state index contributed by atoms with van der Waals surface area (Å²) in [4.78, 5) is 0. The van der Waals surface area contributed by atoms with E-state index in [2.05, 4.69) is 0 Å². The van der Waals surface area contributed by atoms with Gasteiger partial charge >= 0.3 is 0 Å². The lowest BCUT2D eigenvalue weighted by Gasteiger charge is -2.15. The van der Waals surface area contributed by atoms with Gasteiger partial charge in [0.1, 0.15) is 5.82 Å². The zero-order valence-electron chi connectivity index (χ0n) is 9.23. The fourth-order valence-corrected chi connectivity index (χ4v) is 1.95. The SMILES string of the molecule is OC(Cc1ccc(Cl)cc1F)CC1OCCO1. The zero-order chi connectivity index (χ0) is 12.3. The first-order valence-corrected chi connectivity index (χ1v) is 5.88. The number of aliphatic hydroxyl groups excluding tert-OH is 1. The van der Waals surface area contributed by atoms with Crippen LogP contribution in [0.15, 0.2) is 18.2 Å². The second-order valence-corrected chi connectivity index (χ2v) is 4.44. The molecule has 0 aliphatic carbocycles. The number of aliphatic hydroxyl groups is 1. The molecule has 1 heterocycles. The number of rotatable bonds is 4. The molecule has 1 N–H and O–H groups in total. The van der Waals surface area contributed by atoms with Crippen LogP contribution in [0.25, 0.3) is 0 Å². The number of halogens is 2. The van der Waals surface area contributed by atoms with Crippen LogP contribution in [0.5, 0.6) is 0 Å². The first-order chi connectivity index (χ1) is 8.15. The molecule has 3 nitrogen and oxygen atoms in total. The van der Waals surface area contributed by atoms with Gasteiger partial charge in [-0.1, -0.05) is 17.7 Å². The quantitative estimate of drug-likeness (QED) is 0.902. The van der Waals surface area contributed by atoms with Crippen molar-refractivity contribution in [2.24, 2.45) is 0 Å². The summed E-state index contributed by atoms with van der Waals surface area (Å²) in [5, 5.41) is 10.1. The molecule has 17 heavy (non-hydrogen) atoms. The van der Waals surface area contributed by atoms with E-state index in [1.807, 2.05) is 0 Å². The van der Waals surface area contributed by atoms with Crippen molar-refractivity contribution in [3.63, 3.8) is 0 Å². The Balaban J connectivity index is 1.90. The van der Waals surface area contributed by atoms with Gasteiger partial charge in [-0.15, -0.1) is 0 Å². The highest BCUT2D eigenvalue weighted by atomic mass is 35.5. The molecule has 1 fully saturated rings. The topological polar surface area (TPSA) is 38.7 Å². The molecular weight excluding hydrogens is 247 g/mol. The molecule has 1 unspecified atom stereocenters. The standard InChI is InChI=1S/C12H14ClFO3/c13-9-2-1-8(11(14)6-9)5-10(15)7-12-16-3-4-17-12/h1-2,6,10,12,15H,3-5,7H2. The van der Waals surface area contributed by atoms with Crippen molar-refractivity contribution in [2.75, 3.05) is 13.2 Å². The maximum atomic E-state index is 13.5. The van der Waals surface area contributed by atoms with Gasteiger partial charge in [0.15, 0.2) is 6.29 Å². The van der Waals surface area contributed by atoms with Crippen molar-refractivity contribution >= 4 is 11.6 Å². The van der Waals surface area contributed by atoms with Gasteiger partial charge in [0.25, 0.3) is 0 Å². The third-order valence-electron chi connectivity index (χ3n) is 2.63. The van der Waals surface area contributed by atoms with Crippen LogP contribution >= 0.6 is 11.6 Å². The van der Waals surface area contributed by atoms with Gasteiger partial charge in [-0.2, -0.15) is 0 Å². The number of hydrogen-bond acceptors (Lipinski definition) is 3. The van der Waals surface area contributed by atoms with E-state index in [1.54, 1.807) is 12.1 Å². The summed E-state index contributed by atoms with van der Waals surface area (Å²) in [6.07, 6.45) is -0.483. The van der Waals surface area contributed by atoms with Crippen LogP contribution < -0.4 is 0 Å². The molecule has 0 radical (unpaired) electrons. The van der Waals surface area contributed by atoms with Crippen molar-refractivity contribution in [3.05, 3.63) is 34.6 Å². The Morgan fingerprint density at radius 2 is 2.12 bits per heavy atom. The third-order valence-corrected chi connectivity index (χ3v) is 2.86. The van der Waals surface area contributed by atoms with Crippen molar-refractivity contribution < 1.29 is 19.0 Å². The lowest BCUT2D eigenvalue weighted by molar-refractivity contribution is -0.0699. The van der Waals surface area contributed by atoms with Crippen LogP contribution in [0, 0.1) is 5.82 Å². The summed E-state index contributed by atoms with van der Waals surface area (Å²) >= 11 is 5.65. The largest absolute Gasteiger partial charge is 0.393 e. The summed E-state index contributed by atoms with van der Waals surface area (Å²) in [7, 11) is 0. The first-order valence-electron chi connectivity index (χ1n) is 5.50. The maximum Gasteiger partial charge on any atom is 0.160 e. The molecule has 1 aliphatic heterocycles. The Morgan fingerprint density at radius 3 is 2.76 bits per heavy atom. The third kappa shape index (κ3) is 3.64. The molecule has 1 aliphatic rings. The molecule has 0 bridgehead atoms. The Labute approximate surface area is 104 Å². The van der Waals surface area contributed by atoms with E-state index in [9.17, 15) is 9.50 Å². The fraction of sp³-hybridized carbons (Fsp3) is 0.500. The van der Waals surface area contributed by atoms with Gasteiger partial charge in [-0.25, -0.2) is 4.39 Å². The Bertz CT molecular complexity index is 380. The molecular formula is C12H14ClFO3. The minimum Gasteiger partial charge on any atom is -0.393 e. The van der Waals surface area contributed by atoms with E-state index in [4.69, 9.17) is 21.1 Å². The molecule has 1 aromatic rings. The predicted octanol–water partition coefficient (Wildman–Crippen LogP) is 2.15. The molecule has 0 spiro atoms. The second kappa shape index (κ2) is 5.78. The van der Waals surface area contributed by atoms with Crippen LogP contribution in [-0.2, 0) is 15.9 Å². The van der Waals surface area contributed by atoms with E-state index in [-0.39, 0.29) is 12.7 Å². The Morgan fingerprint density at radius 1 is 1.41 bits per heavy atom.